The molecule has 0 aromatic carbocycles. The molecule has 1 aliphatic heterocycles. The average molecular weight is 361 g/mol. The van der Waals surface area contributed by atoms with Crippen LogP contribution in [0.3, 0.4) is 0 Å². The number of hydrogen-bond acceptors (Lipinski definition) is 4. The van der Waals surface area contributed by atoms with E-state index in [0.29, 0.717) is 5.70 Å². The van der Waals surface area contributed by atoms with Gasteiger partial charge in [0.1, 0.15) is 5.54 Å². The summed E-state index contributed by atoms with van der Waals surface area (Å²) in [4.78, 5) is 10.4. The molecule has 8 heteroatoms. The molecule has 0 N–H and O–H groups in total. The first-order valence-electron chi connectivity index (χ1n) is 7.29. The van der Waals surface area contributed by atoms with Crippen LogP contribution in [0.25, 0.3) is 16.0 Å². The molecule has 0 spiro atoms. The van der Waals surface area contributed by atoms with Crippen molar-refractivity contribution >= 4 is 5.97 Å². The third-order valence-corrected chi connectivity index (χ3v) is 2.27. The summed E-state index contributed by atoms with van der Waals surface area (Å²) in [6.45, 7) is 12.0. The van der Waals surface area contributed by atoms with E-state index in [9.17, 15) is 9.90 Å². The molecule has 1 heterocycles. The average Bonchev–Trinajstić information content (AvgIpc) is 2.88. The largest absolute Gasteiger partial charge is 4.00 e. The number of carbonyl (C=O) groups is 1. The fraction of sp³-hybridized carbons (Fsp3) is 0.800. The Balaban J connectivity index is -0.000000118. The van der Waals surface area contributed by atoms with E-state index in [0.717, 1.165) is 19.6 Å². The quantitative estimate of drug-likeness (QED) is 0.718. The Morgan fingerprint density at radius 1 is 1.09 bits per heavy atom. The molecule has 1 unspecified atom stereocenters. The van der Waals surface area contributed by atoms with Gasteiger partial charge in [-0.15, -0.1) is 0 Å². The van der Waals surface area contributed by atoms with Gasteiger partial charge in [0.15, 0.2) is 0 Å². The van der Waals surface area contributed by atoms with Crippen LogP contribution in [0.1, 0.15) is 34.6 Å². The first kappa shape index (κ1) is 30.3. The molecule has 0 fully saturated rings. The molecule has 0 saturated heterocycles. The van der Waals surface area contributed by atoms with Crippen molar-refractivity contribution < 1.29 is 31.6 Å². The third kappa shape index (κ3) is 21.4. The molecule has 0 bridgehead atoms. The van der Waals surface area contributed by atoms with Gasteiger partial charge in [-0.2, -0.15) is 51.0 Å². The van der Waals surface area contributed by atoms with E-state index < -0.39 is 11.5 Å². The van der Waals surface area contributed by atoms with Gasteiger partial charge in [-0.3, -0.25) is 0 Å². The van der Waals surface area contributed by atoms with E-state index in [2.05, 4.69) is 26.2 Å². The Morgan fingerprint density at radius 2 is 1.39 bits per heavy atom. The Hall–Kier alpha value is -0.596. The number of aliphatic carboxylic acids is 1. The molecule has 1 rings (SSSR count). The number of nitrogens with zero attached hydrogens (tertiary/aromatic N) is 5. The van der Waals surface area contributed by atoms with Gasteiger partial charge in [0.2, 0.25) is 0 Å². The summed E-state index contributed by atoms with van der Waals surface area (Å²) in [6.07, 6.45) is 1.46. The van der Waals surface area contributed by atoms with Gasteiger partial charge in [-0.1, -0.05) is 20.8 Å². The fourth-order valence-electron chi connectivity index (χ4n) is 0.747. The third-order valence-electron chi connectivity index (χ3n) is 2.27. The molecule has 1 aliphatic rings. The van der Waals surface area contributed by atoms with E-state index in [1.807, 2.05) is 20.8 Å². The van der Waals surface area contributed by atoms with Crippen LogP contribution in [0.15, 0.2) is 22.0 Å². The zero-order chi connectivity index (χ0) is 18.0. The van der Waals surface area contributed by atoms with Crippen LogP contribution >= 0.6 is 0 Å². The minimum Gasteiger partial charge on any atom is -0.665 e. The van der Waals surface area contributed by atoms with Crippen molar-refractivity contribution in [3.8, 4) is 0 Å². The fourth-order valence-corrected chi connectivity index (χ4v) is 0.747. The Labute approximate surface area is 156 Å². The van der Waals surface area contributed by atoms with E-state index in [4.69, 9.17) is 0 Å². The number of carboxylic acids is 1. The SMILES string of the molecule is CC1=CC(C)(C(=O)[O-])N=N1.CC[N-]C.CC[N-]C.CC[N-]C.[Ti+4]. The molecule has 7 nitrogen and oxygen atoms in total. The summed E-state index contributed by atoms with van der Waals surface area (Å²) in [7, 11) is 5.42. The van der Waals surface area contributed by atoms with E-state index in [1.54, 1.807) is 28.1 Å². The molecule has 0 amide bonds. The number of carbonyl (C=O) groups excluding carboxylic acids is 1. The maximum absolute atomic E-state index is 10.4. The van der Waals surface area contributed by atoms with Gasteiger partial charge < -0.3 is 25.9 Å². The second-order valence-electron chi connectivity index (χ2n) is 4.32. The van der Waals surface area contributed by atoms with Crippen molar-refractivity contribution in [1.29, 1.82) is 0 Å². The second kappa shape index (κ2) is 21.4. The topological polar surface area (TPSA) is 107 Å². The predicted molar refractivity (Wildman–Crippen MR) is 91.5 cm³/mol. The maximum atomic E-state index is 10.4. The minimum atomic E-state index is -1.23. The zero-order valence-corrected chi connectivity index (χ0v) is 17.3. The molecular weight excluding hydrogens is 330 g/mol. The molecule has 0 aromatic rings. The number of carboxylic acid groups (broad SMARTS) is 1. The summed E-state index contributed by atoms with van der Waals surface area (Å²) < 4.78 is 0. The van der Waals surface area contributed by atoms with Crippen LogP contribution in [-0.2, 0) is 26.5 Å². The molecule has 0 saturated carbocycles. The van der Waals surface area contributed by atoms with Gasteiger partial charge in [-0.25, -0.2) is 0 Å². The van der Waals surface area contributed by atoms with E-state index in [-0.39, 0.29) is 21.7 Å². The smallest absolute Gasteiger partial charge is 0.665 e. The summed E-state index contributed by atoms with van der Waals surface area (Å²) in [6, 6.07) is 0. The summed E-state index contributed by atoms with van der Waals surface area (Å²) in [5, 5.41) is 28.7. The number of hydrogen-bond donors (Lipinski definition) is 0. The molecule has 0 aliphatic carbocycles. The maximum Gasteiger partial charge on any atom is 4.00 e. The molecule has 1 atom stereocenters. The second-order valence-corrected chi connectivity index (χ2v) is 4.32. The number of allylic oxidation sites excluding steroid dienone is 1. The van der Waals surface area contributed by atoms with Crippen LogP contribution in [0.5, 0.6) is 0 Å². The Morgan fingerprint density at radius 3 is 1.48 bits per heavy atom. The van der Waals surface area contributed by atoms with E-state index >= 15 is 0 Å². The van der Waals surface area contributed by atoms with Crippen molar-refractivity contribution in [2.45, 2.75) is 40.2 Å². The van der Waals surface area contributed by atoms with Crippen LogP contribution in [0.4, 0.5) is 0 Å². The normalized spacial score (nSPS) is 17.1. The van der Waals surface area contributed by atoms with Crippen molar-refractivity contribution in [2.24, 2.45) is 10.2 Å². The van der Waals surface area contributed by atoms with Crippen LogP contribution in [-0.4, -0.2) is 52.3 Å². The van der Waals surface area contributed by atoms with Crippen LogP contribution < -0.4 is 5.11 Å². The first-order valence-corrected chi connectivity index (χ1v) is 7.29. The minimum absolute atomic E-state index is 0. The standard InChI is InChI=1S/C6H8N2O2.3C3H8N.Ti/c1-4-3-6(2,5(9)10)8-7-4;3*1-3-4-2;/h3H,1-2H3,(H,9,10);3*3H2,1-2H3;/q;3*-1;+4/p-1. The van der Waals surface area contributed by atoms with Gasteiger partial charge in [0.25, 0.3) is 0 Å². The van der Waals surface area contributed by atoms with E-state index in [1.165, 1.54) is 13.0 Å². The Kier molecular flexibility index (Phi) is 28.2. The van der Waals surface area contributed by atoms with Crippen molar-refractivity contribution in [3.63, 3.8) is 0 Å². The van der Waals surface area contributed by atoms with Crippen molar-refractivity contribution in [3.05, 3.63) is 27.7 Å². The molecule has 0 radical (unpaired) electrons. The molecule has 0 aromatic heterocycles. The molecule has 132 valence electrons. The van der Waals surface area contributed by atoms with Gasteiger partial charge >= 0.3 is 21.7 Å². The monoisotopic (exact) mass is 361 g/mol. The Bertz CT molecular complexity index is 309. The number of azo groups is 1. The summed E-state index contributed by atoms with van der Waals surface area (Å²) >= 11 is 0. The van der Waals surface area contributed by atoms with Gasteiger partial charge in [0, 0.05) is 0 Å². The summed E-state index contributed by atoms with van der Waals surface area (Å²) in [5.74, 6) is -1.21. The van der Waals surface area contributed by atoms with Crippen LogP contribution in [0, 0.1) is 0 Å². The number of rotatable bonds is 4. The zero-order valence-electron chi connectivity index (χ0n) is 15.8. The molecular formula is C15H31N5O2Ti. The van der Waals surface area contributed by atoms with Crippen LogP contribution in [0.2, 0.25) is 0 Å². The van der Waals surface area contributed by atoms with Crippen molar-refractivity contribution in [1.82, 2.24) is 0 Å². The predicted octanol–water partition coefficient (Wildman–Crippen LogP) is 2.89. The molecule has 23 heavy (non-hydrogen) atoms. The summed E-state index contributed by atoms with van der Waals surface area (Å²) in [5.41, 5.74) is -0.615. The van der Waals surface area contributed by atoms with Gasteiger partial charge in [-0.05, 0) is 19.9 Å². The first-order chi connectivity index (χ1) is 10.3. The van der Waals surface area contributed by atoms with Gasteiger partial charge in [0.05, 0.1) is 11.7 Å². The van der Waals surface area contributed by atoms with Crippen molar-refractivity contribution in [2.75, 3.05) is 40.8 Å².